The van der Waals surface area contributed by atoms with Gasteiger partial charge in [-0.15, -0.1) is 0 Å². The van der Waals surface area contributed by atoms with Crippen LogP contribution < -0.4 is 10.1 Å². The minimum absolute atomic E-state index is 0.0226. The number of methoxy groups -OCH3 is 1. The molecule has 2 aromatic carbocycles. The van der Waals surface area contributed by atoms with E-state index in [4.69, 9.17) is 25.5 Å². The second kappa shape index (κ2) is 14.4. The first-order chi connectivity index (χ1) is 21.8. The number of carbonyl (C=O) groups excluding carboxylic acids is 2. The van der Waals surface area contributed by atoms with Crippen molar-refractivity contribution in [2.45, 2.75) is 115 Å². The lowest BCUT2D eigenvalue weighted by molar-refractivity contribution is -0.165. The van der Waals surface area contributed by atoms with Crippen molar-refractivity contribution in [1.29, 1.82) is 0 Å². The van der Waals surface area contributed by atoms with Crippen molar-refractivity contribution in [1.82, 2.24) is 4.90 Å². The Morgan fingerprint density at radius 2 is 1.80 bits per heavy atom. The SMILES string of the molecule is COc1cc(NC(=O)CCCc2cccc(C3(C(=O)OC4CN5CCC4CC5)CCCC3)c2)c(Cl)cc1CO[Si](C)(C)C(C)(C)C. The van der Waals surface area contributed by atoms with Gasteiger partial charge in [-0.25, -0.2) is 0 Å². The minimum atomic E-state index is -1.95. The molecule has 3 heterocycles. The number of carbonyl (C=O) groups is 2. The maximum absolute atomic E-state index is 13.8. The van der Waals surface area contributed by atoms with E-state index in [0.29, 0.717) is 41.8 Å². The van der Waals surface area contributed by atoms with Gasteiger partial charge < -0.3 is 19.2 Å². The Balaban J connectivity index is 1.17. The van der Waals surface area contributed by atoms with Crippen molar-refractivity contribution in [3.63, 3.8) is 0 Å². The number of rotatable bonds is 12. The summed E-state index contributed by atoms with van der Waals surface area (Å²) in [5.74, 6) is 1.01. The molecular formula is C37H53ClN2O5Si. The number of hydrogen-bond acceptors (Lipinski definition) is 6. The summed E-state index contributed by atoms with van der Waals surface area (Å²) in [5.41, 5.74) is 3.04. The molecule has 4 aliphatic rings. The fraction of sp³-hybridized carbons (Fsp3) is 0.622. The van der Waals surface area contributed by atoms with E-state index < -0.39 is 13.7 Å². The zero-order chi connectivity index (χ0) is 33.1. The predicted octanol–water partition coefficient (Wildman–Crippen LogP) is 8.28. The van der Waals surface area contributed by atoms with Gasteiger partial charge in [-0.3, -0.25) is 14.5 Å². The molecule has 1 amide bonds. The number of aryl methyl sites for hydroxylation is 1. The van der Waals surface area contributed by atoms with Gasteiger partial charge in [0.05, 0.1) is 29.8 Å². The van der Waals surface area contributed by atoms with Gasteiger partial charge in [0.1, 0.15) is 11.9 Å². The predicted molar refractivity (Wildman–Crippen MR) is 187 cm³/mol. The first kappa shape index (κ1) is 34.9. The third-order valence-electron chi connectivity index (χ3n) is 11.1. The standard InChI is InChI=1S/C37H53ClN2O5Si/c1-36(2,3)46(5,6)44-25-28-22-30(38)31(23-32(28)43-4)39-34(41)14-10-12-26-11-9-13-29(21-26)37(17-7-8-18-37)35(42)45-33-24-40-19-15-27(33)16-20-40/h9,11,13,21-23,27,33H,7-8,10,12,14-20,24-25H2,1-6H3,(H,39,41). The van der Waals surface area contributed by atoms with Crippen molar-refractivity contribution in [3.8, 4) is 5.75 Å². The van der Waals surface area contributed by atoms with Gasteiger partial charge in [-0.1, -0.05) is 69.5 Å². The summed E-state index contributed by atoms with van der Waals surface area (Å²) in [6, 6.07) is 12.0. The van der Waals surface area contributed by atoms with Crippen molar-refractivity contribution in [2.24, 2.45) is 5.92 Å². The Hall–Kier alpha value is -2.39. The lowest BCUT2D eigenvalue weighted by atomic mass is 9.77. The maximum atomic E-state index is 13.8. The molecule has 252 valence electrons. The average Bonchev–Trinajstić information content (AvgIpc) is 3.53. The van der Waals surface area contributed by atoms with E-state index in [9.17, 15) is 9.59 Å². The molecule has 9 heteroatoms. The molecule has 1 atom stereocenters. The first-order valence-corrected chi connectivity index (χ1v) is 20.4. The molecule has 0 aromatic heterocycles. The molecule has 3 aliphatic heterocycles. The summed E-state index contributed by atoms with van der Waals surface area (Å²) in [5, 5.41) is 3.53. The van der Waals surface area contributed by atoms with E-state index in [0.717, 1.165) is 81.3 Å². The summed E-state index contributed by atoms with van der Waals surface area (Å²) in [4.78, 5) is 29.2. The number of piperidine rings is 3. The number of amides is 1. The summed E-state index contributed by atoms with van der Waals surface area (Å²) >= 11 is 6.62. The molecular weight excluding hydrogens is 616 g/mol. The number of halogens is 1. The van der Waals surface area contributed by atoms with Gasteiger partial charge in [0.15, 0.2) is 8.32 Å². The fourth-order valence-electron chi connectivity index (χ4n) is 7.04. The molecule has 6 rings (SSSR count). The summed E-state index contributed by atoms with van der Waals surface area (Å²) in [6.07, 6.45) is 7.81. The third kappa shape index (κ3) is 7.83. The normalized spacial score (nSPS) is 22.5. The monoisotopic (exact) mass is 668 g/mol. The molecule has 1 N–H and O–H groups in total. The molecule has 3 saturated heterocycles. The van der Waals surface area contributed by atoms with E-state index in [2.05, 4.69) is 68.3 Å². The van der Waals surface area contributed by atoms with Crippen LogP contribution in [0.2, 0.25) is 23.2 Å². The molecule has 46 heavy (non-hydrogen) atoms. The molecule has 2 bridgehead atoms. The van der Waals surface area contributed by atoms with Crippen molar-refractivity contribution in [2.75, 3.05) is 32.1 Å². The van der Waals surface area contributed by atoms with E-state index in [-0.39, 0.29) is 23.0 Å². The van der Waals surface area contributed by atoms with Crippen LogP contribution in [0.4, 0.5) is 5.69 Å². The number of hydrogen-bond donors (Lipinski definition) is 1. The second-order valence-electron chi connectivity index (χ2n) is 15.2. The van der Waals surface area contributed by atoms with Crippen LogP contribution in [-0.4, -0.2) is 57.9 Å². The van der Waals surface area contributed by atoms with E-state index in [1.807, 2.05) is 6.07 Å². The molecule has 1 saturated carbocycles. The highest BCUT2D eigenvalue weighted by atomic mass is 35.5. The molecule has 2 aromatic rings. The van der Waals surface area contributed by atoms with Crippen LogP contribution in [0.25, 0.3) is 0 Å². The van der Waals surface area contributed by atoms with Crippen molar-refractivity contribution < 1.29 is 23.5 Å². The number of nitrogens with zero attached hydrogens (tertiary/aromatic N) is 1. The Morgan fingerprint density at radius 1 is 1.09 bits per heavy atom. The molecule has 0 spiro atoms. The molecule has 1 aliphatic carbocycles. The van der Waals surface area contributed by atoms with Crippen LogP contribution in [0.3, 0.4) is 0 Å². The topological polar surface area (TPSA) is 77.1 Å². The van der Waals surface area contributed by atoms with Crippen LogP contribution >= 0.6 is 11.6 Å². The Kier molecular flexibility index (Phi) is 10.9. The van der Waals surface area contributed by atoms with Crippen LogP contribution in [0.15, 0.2) is 36.4 Å². The Morgan fingerprint density at radius 3 is 2.43 bits per heavy atom. The number of anilines is 1. The smallest absolute Gasteiger partial charge is 0.316 e. The number of benzene rings is 2. The highest BCUT2D eigenvalue weighted by molar-refractivity contribution is 6.74. The van der Waals surface area contributed by atoms with Crippen LogP contribution in [-0.2, 0) is 37.2 Å². The van der Waals surface area contributed by atoms with Gasteiger partial charge in [-0.2, -0.15) is 0 Å². The molecule has 7 nitrogen and oxygen atoms in total. The lowest BCUT2D eigenvalue weighted by Gasteiger charge is -2.45. The Bertz CT molecular complexity index is 1390. The second-order valence-corrected chi connectivity index (χ2v) is 20.4. The quantitative estimate of drug-likeness (QED) is 0.181. The lowest BCUT2D eigenvalue weighted by Crippen LogP contribution is -2.53. The first-order valence-electron chi connectivity index (χ1n) is 17.1. The van der Waals surface area contributed by atoms with Gasteiger partial charge in [0.25, 0.3) is 0 Å². The molecule has 4 fully saturated rings. The molecule has 0 radical (unpaired) electrons. The largest absolute Gasteiger partial charge is 0.496 e. The van der Waals surface area contributed by atoms with Gasteiger partial charge in [0.2, 0.25) is 5.91 Å². The highest BCUT2D eigenvalue weighted by Crippen LogP contribution is 2.44. The highest BCUT2D eigenvalue weighted by Gasteiger charge is 2.47. The van der Waals surface area contributed by atoms with Gasteiger partial charge in [-0.05, 0) is 92.9 Å². The minimum Gasteiger partial charge on any atom is -0.496 e. The summed E-state index contributed by atoms with van der Waals surface area (Å²) in [6.45, 7) is 14.6. The van der Waals surface area contributed by atoms with Gasteiger partial charge in [0, 0.05) is 24.6 Å². The zero-order valence-corrected chi connectivity index (χ0v) is 30.4. The van der Waals surface area contributed by atoms with Crippen molar-refractivity contribution in [3.05, 3.63) is 58.1 Å². The average molecular weight is 669 g/mol. The van der Waals surface area contributed by atoms with Crippen LogP contribution in [0.5, 0.6) is 5.75 Å². The van der Waals surface area contributed by atoms with Crippen molar-refractivity contribution >= 4 is 37.5 Å². The number of ether oxygens (including phenoxy) is 2. The van der Waals surface area contributed by atoms with E-state index >= 15 is 0 Å². The van der Waals surface area contributed by atoms with Crippen LogP contribution in [0.1, 0.15) is 88.8 Å². The number of nitrogens with one attached hydrogen (secondary N) is 1. The van der Waals surface area contributed by atoms with E-state index in [1.54, 1.807) is 13.2 Å². The van der Waals surface area contributed by atoms with Gasteiger partial charge >= 0.3 is 5.97 Å². The summed E-state index contributed by atoms with van der Waals surface area (Å²) < 4.78 is 18.3. The third-order valence-corrected chi connectivity index (χ3v) is 15.9. The zero-order valence-electron chi connectivity index (χ0n) is 28.7. The fourth-order valence-corrected chi connectivity index (χ4v) is 8.22. The molecule has 1 unspecified atom stereocenters. The number of fused-ring (bicyclic) bond motifs is 3. The van der Waals surface area contributed by atoms with E-state index in [1.165, 1.54) is 0 Å². The Labute approximate surface area is 281 Å². The number of esters is 1. The summed E-state index contributed by atoms with van der Waals surface area (Å²) in [7, 11) is -0.333. The van der Waals surface area contributed by atoms with Crippen LogP contribution in [0, 0.1) is 5.92 Å². The maximum Gasteiger partial charge on any atom is 0.316 e.